The molecule has 1 heteroatoms. The number of hydrogen-bond acceptors (Lipinski definition) is 1. The predicted octanol–water partition coefficient (Wildman–Crippen LogP) is 2.71. The Morgan fingerprint density at radius 2 is 2.00 bits per heavy atom. The van der Waals surface area contributed by atoms with Crippen LogP contribution >= 0.6 is 0 Å². The van der Waals surface area contributed by atoms with Crippen LogP contribution in [-0.2, 0) is 4.79 Å². The largest absolute Gasteiger partial charge is 0.300 e. The molecule has 2 rings (SSSR count). The predicted molar refractivity (Wildman–Crippen MR) is 48.8 cm³/mol. The smallest absolute Gasteiger partial charge is 0.133 e. The van der Waals surface area contributed by atoms with Crippen molar-refractivity contribution in [1.82, 2.24) is 0 Å². The molecule has 1 nitrogen and oxygen atoms in total. The molecule has 0 aliphatic heterocycles. The molecule has 0 bridgehead atoms. The summed E-state index contributed by atoms with van der Waals surface area (Å²) in [7, 11) is 0. The molecule has 0 N–H and O–H groups in total. The zero-order valence-electron chi connectivity index (χ0n) is 7.68. The third-order valence-electron chi connectivity index (χ3n) is 3.41. The summed E-state index contributed by atoms with van der Waals surface area (Å²) < 4.78 is 0. The lowest BCUT2D eigenvalue weighted by atomic mass is 9.81. The van der Waals surface area contributed by atoms with E-state index in [0.717, 1.165) is 25.2 Å². The highest BCUT2D eigenvalue weighted by molar-refractivity contribution is 5.79. The van der Waals surface area contributed by atoms with E-state index in [1.807, 2.05) is 0 Å². The third kappa shape index (κ3) is 1.33. The number of carbonyl (C=O) groups is 1. The van der Waals surface area contributed by atoms with Gasteiger partial charge in [-0.1, -0.05) is 11.6 Å². The molecule has 0 aromatic heterocycles. The number of rotatable bonds is 0. The molecular formula is C11H16O. The van der Waals surface area contributed by atoms with E-state index in [-0.39, 0.29) is 0 Å². The van der Waals surface area contributed by atoms with Crippen LogP contribution in [0.25, 0.3) is 0 Å². The molecule has 2 aliphatic carbocycles. The summed E-state index contributed by atoms with van der Waals surface area (Å²) in [4.78, 5) is 11.2. The van der Waals surface area contributed by atoms with Gasteiger partial charge in [0.2, 0.25) is 0 Å². The first kappa shape index (κ1) is 8.03. The Kier molecular flexibility index (Phi) is 2.03. The van der Waals surface area contributed by atoms with Gasteiger partial charge in [-0.15, -0.1) is 0 Å². The zero-order valence-corrected chi connectivity index (χ0v) is 7.68. The van der Waals surface area contributed by atoms with Crippen LogP contribution in [0.1, 0.15) is 39.0 Å². The van der Waals surface area contributed by atoms with Crippen molar-refractivity contribution in [3.8, 4) is 0 Å². The fraction of sp³-hybridized carbons (Fsp3) is 0.727. The quantitative estimate of drug-likeness (QED) is 0.503. The van der Waals surface area contributed by atoms with E-state index in [1.165, 1.54) is 12.8 Å². The minimum atomic E-state index is 0.494. The molecule has 0 spiro atoms. The molecule has 0 aromatic rings. The molecule has 0 amide bonds. The fourth-order valence-electron chi connectivity index (χ4n) is 2.64. The van der Waals surface area contributed by atoms with Crippen LogP contribution in [0.3, 0.4) is 0 Å². The van der Waals surface area contributed by atoms with Gasteiger partial charge < -0.3 is 0 Å². The SMILES string of the molecule is CC=C1CC2CCC(=O)CC2C1. The number of fused-ring (bicyclic) bond motifs is 1. The van der Waals surface area contributed by atoms with E-state index in [9.17, 15) is 4.79 Å². The normalized spacial score (nSPS) is 38.8. The van der Waals surface area contributed by atoms with E-state index in [4.69, 9.17) is 0 Å². The number of carbonyl (C=O) groups excluding carboxylic acids is 1. The van der Waals surface area contributed by atoms with Crippen molar-refractivity contribution >= 4 is 5.78 Å². The standard InChI is InChI=1S/C11H16O/c1-2-8-5-9-3-4-11(12)7-10(9)6-8/h2,9-10H,3-7H2,1H3. The first-order valence-electron chi connectivity index (χ1n) is 4.95. The average molecular weight is 164 g/mol. The number of Topliss-reactive ketones (excluding diaryl/α,β-unsaturated/α-hetero) is 1. The minimum absolute atomic E-state index is 0.494. The molecule has 0 radical (unpaired) electrons. The summed E-state index contributed by atoms with van der Waals surface area (Å²) >= 11 is 0. The van der Waals surface area contributed by atoms with Crippen molar-refractivity contribution in [3.05, 3.63) is 11.6 Å². The summed E-state index contributed by atoms with van der Waals surface area (Å²) in [6.45, 7) is 2.12. The summed E-state index contributed by atoms with van der Waals surface area (Å²) in [6.07, 6.45) is 7.57. The second-order valence-corrected chi connectivity index (χ2v) is 4.16. The maximum atomic E-state index is 11.2. The van der Waals surface area contributed by atoms with Crippen LogP contribution in [0, 0.1) is 11.8 Å². The highest BCUT2D eigenvalue weighted by Gasteiger charge is 2.34. The van der Waals surface area contributed by atoms with Gasteiger partial charge in [-0.25, -0.2) is 0 Å². The van der Waals surface area contributed by atoms with Crippen molar-refractivity contribution in [2.75, 3.05) is 0 Å². The van der Waals surface area contributed by atoms with Gasteiger partial charge in [-0.3, -0.25) is 4.79 Å². The molecule has 2 aliphatic rings. The molecule has 12 heavy (non-hydrogen) atoms. The van der Waals surface area contributed by atoms with Crippen molar-refractivity contribution in [2.24, 2.45) is 11.8 Å². The Morgan fingerprint density at radius 1 is 1.25 bits per heavy atom. The average Bonchev–Trinajstić information content (AvgIpc) is 2.46. The van der Waals surface area contributed by atoms with Crippen molar-refractivity contribution < 1.29 is 4.79 Å². The lowest BCUT2D eigenvalue weighted by Crippen LogP contribution is -2.19. The molecular weight excluding hydrogens is 148 g/mol. The van der Waals surface area contributed by atoms with Gasteiger partial charge in [0, 0.05) is 12.8 Å². The van der Waals surface area contributed by atoms with E-state index in [1.54, 1.807) is 5.57 Å². The highest BCUT2D eigenvalue weighted by atomic mass is 16.1. The van der Waals surface area contributed by atoms with E-state index >= 15 is 0 Å². The Labute approximate surface area is 73.8 Å². The molecule has 66 valence electrons. The molecule has 0 saturated heterocycles. The Balaban J connectivity index is 2.07. The first-order valence-corrected chi connectivity index (χ1v) is 4.95. The molecule has 2 atom stereocenters. The van der Waals surface area contributed by atoms with Gasteiger partial charge in [0.25, 0.3) is 0 Å². The maximum Gasteiger partial charge on any atom is 0.133 e. The van der Waals surface area contributed by atoms with E-state index < -0.39 is 0 Å². The molecule has 2 fully saturated rings. The van der Waals surface area contributed by atoms with Crippen LogP contribution < -0.4 is 0 Å². The van der Waals surface area contributed by atoms with Crippen LogP contribution in [0.4, 0.5) is 0 Å². The Hall–Kier alpha value is -0.590. The number of allylic oxidation sites excluding steroid dienone is 2. The van der Waals surface area contributed by atoms with Gasteiger partial charge >= 0.3 is 0 Å². The van der Waals surface area contributed by atoms with Crippen LogP contribution in [0.15, 0.2) is 11.6 Å². The summed E-state index contributed by atoms with van der Waals surface area (Å²) in [6, 6.07) is 0. The van der Waals surface area contributed by atoms with Crippen LogP contribution in [-0.4, -0.2) is 5.78 Å². The Bertz CT molecular complexity index is 227. The van der Waals surface area contributed by atoms with Gasteiger partial charge in [0.1, 0.15) is 5.78 Å². The monoisotopic (exact) mass is 164 g/mol. The first-order chi connectivity index (χ1) is 5.79. The van der Waals surface area contributed by atoms with Crippen molar-refractivity contribution in [1.29, 1.82) is 0 Å². The van der Waals surface area contributed by atoms with Crippen molar-refractivity contribution in [2.45, 2.75) is 39.0 Å². The third-order valence-corrected chi connectivity index (χ3v) is 3.41. The van der Waals surface area contributed by atoms with Gasteiger partial charge in [0.15, 0.2) is 0 Å². The lowest BCUT2D eigenvalue weighted by molar-refractivity contribution is -0.122. The molecule has 0 heterocycles. The van der Waals surface area contributed by atoms with Crippen LogP contribution in [0.2, 0.25) is 0 Å². The Morgan fingerprint density at radius 3 is 2.75 bits per heavy atom. The molecule has 2 unspecified atom stereocenters. The second kappa shape index (κ2) is 3.04. The summed E-state index contributed by atoms with van der Waals surface area (Å²) in [5, 5.41) is 0. The van der Waals surface area contributed by atoms with Crippen LogP contribution in [0.5, 0.6) is 0 Å². The second-order valence-electron chi connectivity index (χ2n) is 4.16. The molecule has 2 saturated carbocycles. The topological polar surface area (TPSA) is 17.1 Å². The van der Waals surface area contributed by atoms with E-state index in [0.29, 0.717) is 11.7 Å². The van der Waals surface area contributed by atoms with Gasteiger partial charge in [-0.05, 0) is 38.0 Å². The number of hydrogen-bond donors (Lipinski definition) is 0. The zero-order chi connectivity index (χ0) is 8.55. The van der Waals surface area contributed by atoms with Gasteiger partial charge in [-0.2, -0.15) is 0 Å². The maximum absolute atomic E-state index is 11.2. The minimum Gasteiger partial charge on any atom is -0.300 e. The van der Waals surface area contributed by atoms with Crippen molar-refractivity contribution in [3.63, 3.8) is 0 Å². The van der Waals surface area contributed by atoms with E-state index in [2.05, 4.69) is 13.0 Å². The summed E-state index contributed by atoms with van der Waals surface area (Å²) in [5.41, 5.74) is 1.58. The highest BCUT2D eigenvalue weighted by Crippen LogP contribution is 2.43. The fourth-order valence-corrected chi connectivity index (χ4v) is 2.64. The molecule has 0 aromatic carbocycles. The van der Waals surface area contributed by atoms with Gasteiger partial charge in [0.05, 0.1) is 0 Å². The summed E-state index contributed by atoms with van der Waals surface area (Å²) in [5.74, 6) is 2.04. The number of ketones is 1. The lowest BCUT2D eigenvalue weighted by Gasteiger charge is -2.22.